The van der Waals surface area contributed by atoms with Gasteiger partial charge in [0.05, 0.1) is 0 Å². The van der Waals surface area contributed by atoms with Gasteiger partial charge < -0.3 is 0 Å². The third kappa shape index (κ3) is 4.96. The van der Waals surface area contributed by atoms with Gasteiger partial charge in [-0.25, -0.2) is 0 Å². The molecule has 0 radical (unpaired) electrons. The Bertz CT molecular complexity index is 272. The van der Waals surface area contributed by atoms with E-state index < -0.39 is 0 Å². The zero-order valence-corrected chi connectivity index (χ0v) is 12.5. The molecule has 0 aromatic carbocycles. The van der Waals surface area contributed by atoms with Gasteiger partial charge in [-0.3, -0.25) is 4.79 Å². The lowest BCUT2D eigenvalue weighted by Gasteiger charge is -2.37. The number of hydrogen-bond acceptors (Lipinski definition) is 1. The number of ketones is 1. The van der Waals surface area contributed by atoms with E-state index in [4.69, 9.17) is 0 Å². The van der Waals surface area contributed by atoms with E-state index in [1.54, 1.807) is 0 Å². The van der Waals surface area contributed by atoms with E-state index in [0.29, 0.717) is 17.1 Å². The van der Waals surface area contributed by atoms with Gasteiger partial charge in [-0.2, -0.15) is 0 Å². The first-order valence-electron chi connectivity index (χ1n) is 7.58. The lowest BCUT2D eigenvalue weighted by molar-refractivity contribution is -0.126. The summed E-state index contributed by atoms with van der Waals surface area (Å²) in [6, 6.07) is 0. The van der Waals surface area contributed by atoms with Crippen LogP contribution in [-0.2, 0) is 4.79 Å². The lowest BCUT2D eigenvalue weighted by atomic mass is 9.68. The number of allylic oxidation sites excluding steroid dienone is 1. The molecule has 0 aliphatic heterocycles. The normalized spacial score (nSPS) is 25.2. The maximum Gasteiger partial charge on any atom is 0.135 e. The van der Waals surface area contributed by atoms with E-state index in [1.165, 1.54) is 19.3 Å². The first-order valence-corrected chi connectivity index (χ1v) is 7.58. The molecule has 0 spiro atoms. The molecule has 2 atom stereocenters. The summed E-state index contributed by atoms with van der Waals surface area (Å²) in [4.78, 5) is 12.0. The molecule has 1 saturated carbocycles. The van der Waals surface area contributed by atoms with Gasteiger partial charge in [0.1, 0.15) is 5.78 Å². The van der Waals surface area contributed by atoms with Crippen LogP contribution in [0.15, 0.2) is 12.7 Å². The molecular formula is C17H30O. The molecule has 18 heavy (non-hydrogen) atoms. The van der Waals surface area contributed by atoms with Crippen molar-refractivity contribution in [2.24, 2.45) is 17.3 Å². The topological polar surface area (TPSA) is 17.1 Å². The van der Waals surface area contributed by atoms with E-state index >= 15 is 0 Å². The standard InChI is InChI=1S/C17H30O/c1-5-6-7-8-9-10-14-13-15(17(2,3)4)11-12-16(14)18/h5,14-15H,1,6-13H2,2-4H3. The smallest absolute Gasteiger partial charge is 0.135 e. The van der Waals surface area contributed by atoms with E-state index in [2.05, 4.69) is 27.4 Å². The minimum Gasteiger partial charge on any atom is -0.299 e. The molecule has 0 saturated heterocycles. The van der Waals surface area contributed by atoms with E-state index in [1.807, 2.05) is 6.08 Å². The quantitative estimate of drug-likeness (QED) is 0.470. The molecule has 0 heterocycles. The van der Waals surface area contributed by atoms with Crippen LogP contribution in [0.4, 0.5) is 0 Å². The molecule has 0 amide bonds. The van der Waals surface area contributed by atoms with Crippen molar-refractivity contribution in [3.8, 4) is 0 Å². The van der Waals surface area contributed by atoms with Crippen molar-refractivity contribution < 1.29 is 4.79 Å². The van der Waals surface area contributed by atoms with Gasteiger partial charge in [0, 0.05) is 12.3 Å². The van der Waals surface area contributed by atoms with Gasteiger partial charge in [0.25, 0.3) is 0 Å². The van der Waals surface area contributed by atoms with Crippen molar-refractivity contribution in [1.29, 1.82) is 0 Å². The summed E-state index contributed by atoms with van der Waals surface area (Å²) < 4.78 is 0. The van der Waals surface area contributed by atoms with Crippen LogP contribution in [0.1, 0.15) is 72.1 Å². The lowest BCUT2D eigenvalue weighted by Crippen LogP contribution is -2.32. The molecule has 2 unspecified atom stereocenters. The number of Topliss-reactive ketones (excluding diaryl/α,β-unsaturated/α-hetero) is 1. The molecule has 0 aromatic rings. The predicted molar refractivity (Wildman–Crippen MR) is 78.6 cm³/mol. The van der Waals surface area contributed by atoms with Gasteiger partial charge in [0.15, 0.2) is 0 Å². The maximum absolute atomic E-state index is 12.0. The first kappa shape index (κ1) is 15.5. The molecular weight excluding hydrogens is 220 g/mol. The maximum atomic E-state index is 12.0. The van der Waals surface area contributed by atoms with Crippen molar-refractivity contribution in [3.63, 3.8) is 0 Å². The Hall–Kier alpha value is -0.590. The summed E-state index contributed by atoms with van der Waals surface area (Å²) in [6.45, 7) is 10.7. The molecule has 1 aliphatic rings. The van der Waals surface area contributed by atoms with Crippen LogP contribution in [0.3, 0.4) is 0 Å². The minimum atomic E-state index is 0.353. The fourth-order valence-electron chi connectivity index (χ4n) is 3.03. The summed E-state index contributed by atoms with van der Waals surface area (Å²) in [5.74, 6) is 1.61. The SMILES string of the molecule is C=CCCCCCC1CC(C(C)(C)C)CCC1=O. The Morgan fingerprint density at radius 1 is 1.28 bits per heavy atom. The third-order valence-electron chi connectivity index (χ3n) is 4.45. The highest BCUT2D eigenvalue weighted by atomic mass is 16.1. The highest BCUT2D eigenvalue weighted by Gasteiger charge is 2.34. The van der Waals surface area contributed by atoms with Crippen LogP contribution in [0.25, 0.3) is 0 Å². The Morgan fingerprint density at radius 3 is 2.61 bits per heavy atom. The summed E-state index contributed by atoms with van der Waals surface area (Å²) >= 11 is 0. The summed E-state index contributed by atoms with van der Waals surface area (Å²) in [5.41, 5.74) is 0.363. The van der Waals surface area contributed by atoms with Gasteiger partial charge in [-0.1, -0.05) is 39.7 Å². The second-order valence-corrected chi connectivity index (χ2v) is 6.93. The molecule has 1 heteroatoms. The van der Waals surface area contributed by atoms with Crippen LogP contribution in [0, 0.1) is 17.3 Å². The van der Waals surface area contributed by atoms with Crippen LogP contribution in [-0.4, -0.2) is 5.78 Å². The van der Waals surface area contributed by atoms with Crippen LogP contribution in [0.2, 0.25) is 0 Å². The fourth-order valence-corrected chi connectivity index (χ4v) is 3.03. The number of unbranched alkanes of at least 4 members (excludes halogenated alkanes) is 3. The fraction of sp³-hybridized carbons (Fsp3) is 0.824. The number of carbonyl (C=O) groups is 1. The zero-order chi connectivity index (χ0) is 13.6. The Morgan fingerprint density at radius 2 is 2.00 bits per heavy atom. The predicted octanol–water partition coefficient (Wildman–Crippen LogP) is 5.15. The average molecular weight is 250 g/mol. The average Bonchev–Trinajstić information content (AvgIpc) is 2.29. The second kappa shape index (κ2) is 7.11. The third-order valence-corrected chi connectivity index (χ3v) is 4.45. The van der Waals surface area contributed by atoms with Gasteiger partial charge >= 0.3 is 0 Å². The van der Waals surface area contributed by atoms with Crippen molar-refractivity contribution >= 4 is 5.78 Å². The van der Waals surface area contributed by atoms with Gasteiger partial charge in [0.2, 0.25) is 0 Å². The van der Waals surface area contributed by atoms with Crippen molar-refractivity contribution in [2.45, 2.75) is 72.1 Å². The van der Waals surface area contributed by atoms with Crippen molar-refractivity contribution in [3.05, 3.63) is 12.7 Å². The summed E-state index contributed by atoms with van der Waals surface area (Å²) in [7, 11) is 0. The molecule has 1 aliphatic carbocycles. The van der Waals surface area contributed by atoms with Crippen LogP contribution in [0.5, 0.6) is 0 Å². The van der Waals surface area contributed by atoms with Crippen molar-refractivity contribution in [1.82, 2.24) is 0 Å². The summed E-state index contributed by atoms with van der Waals surface area (Å²) in [6.07, 6.45) is 11.0. The molecule has 0 aromatic heterocycles. The monoisotopic (exact) mass is 250 g/mol. The first-order chi connectivity index (χ1) is 8.45. The molecule has 104 valence electrons. The second-order valence-electron chi connectivity index (χ2n) is 6.93. The Kier molecular flexibility index (Phi) is 6.11. The van der Waals surface area contributed by atoms with Crippen LogP contribution >= 0.6 is 0 Å². The number of carbonyl (C=O) groups excluding carboxylic acids is 1. The number of rotatable bonds is 6. The Balaban J connectivity index is 2.33. The number of hydrogen-bond donors (Lipinski definition) is 0. The molecule has 1 fully saturated rings. The summed E-state index contributed by atoms with van der Waals surface area (Å²) in [5, 5.41) is 0. The van der Waals surface area contributed by atoms with E-state index in [-0.39, 0.29) is 0 Å². The molecule has 0 N–H and O–H groups in total. The molecule has 1 nitrogen and oxygen atoms in total. The zero-order valence-electron chi connectivity index (χ0n) is 12.5. The molecule has 0 bridgehead atoms. The molecule has 1 rings (SSSR count). The largest absolute Gasteiger partial charge is 0.299 e. The van der Waals surface area contributed by atoms with Crippen molar-refractivity contribution in [2.75, 3.05) is 0 Å². The van der Waals surface area contributed by atoms with Crippen LogP contribution < -0.4 is 0 Å². The van der Waals surface area contributed by atoms with Gasteiger partial charge in [-0.15, -0.1) is 6.58 Å². The van der Waals surface area contributed by atoms with E-state index in [9.17, 15) is 4.79 Å². The minimum absolute atomic E-state index is 0.353. The van der Waals surface area contributed by atoms with E-state index in [0.717, 1.165) is 38.0 Å². The highest BCUT2D eigenvalue weighted by Crippen LogP contribution is 2.40. The highest BCUT2D eigenvalue weighted by molar-refractivity contribution is 5.81. The van der Waals surface area contributed by atoms with Gasteiger partial charge in [-0.05, 0) is 43.4 Å². The Labute approximate surface area is 113 Å².